The Morgan fingerprint density at radius 3 is 2.56 bits per heavy atom. The van der Waals surface area contributed by atoms with Crippen LogP contribution in [0.5, 0.6) is 0 Å². The molecule has 2 aromatic rings. The van der Waals surface area contributed by atoms with Gasteiger partial charge in [0.25, 0.3) is 10.0 Å². The van der Waals surface area contributed by atoms with E-state index in [9.17, 15) is 8.42 Å². The van der Waals surface area contributed by atoms with Crippen LogP contribution in [0.15, 0.2) is 35.6 Å². The van der Waals surface area contributed by atoms with Gasteiger partial charge in [-0.05, 0) is 26.0 Å². The summed E-state index contributed by atoms with van der Waals surface area (Å²) in [6.07, 6.45) is 4.58. The minimum atomic E-state index is -3.59. The molecular formula is C11H14N4O2S. The Kier molecular flexibility index (Phi) is 3.33. The highest BCUT2D eigenvalue weighted by molar-refractivity contribution is 7.92. The SMILES string of the molecule is CCn1cc(S(=O)(=O)Nc2ccncc2)c(C)n1. The van der Waals surface area contributed by atoms with Gasteiger partial charge < -0.3 is 0 Å². The van der Waals surface area contributed by atoms with Gasteiger partial charge >= 0.3 is 0 Å². The fourth-order valence-corrected chi connectivity index (χ4v) is 2.80. The second-order valence-corrected chi connectivity index (χ2v) is 5.43. The van der Waals surface area contributed by atoms with E-state index >= 15 is 0 Å². The average Bonchev–Trinajstić information content (AvgIpc) is 2.72. The van der Waals surface area contributed by atoms with Gasteiger partial charge in [0.2, 0.25) is 0 Å². The van der Waals surface area contributed by atoms with Crippen molar-refractivity contribution in [1.29, 1.82) is 0 Å². The molecule has 0 saturated heterocycles. The third-order valence-electron chi connectivity index (χ3n) is 2.45. The van der Waals surface area contributed by atoms with Gasteiger partial charge in [-0.2, -0.15) is 5.10 Å². The number of nitrogens with one attached hydrogen (secondary N) is 1. The lowest BCUT2D eigenvalue weighted by Crippen LogP contribution is -2.13. The summed E-state index contributed by atoms with van der Waals surface area (Å²) in [4.78, 5) is 4.03. The van der Waals surface area contributed by atoms with Gasteiger partial charge in [0.15, 0.2) is 0 Å². The van der Waals surface area contributed by atoms with E-state index in [0.717, 1.165) is 0 Å². The Hall–Kier alpha value is -1.89. The summed E-state index contributed by atoms with van der Waals surface area (Å²) in [6.45, 7) is 4.21. The fourth-order valence-electron chi connectivity index (χ4n) is 1.56. The molecule has 2 rings (SSSR count). The molecule has 96 valence electrons. The Morgan fingerprint density at radius 2 is 2.00 bits per heavy atom. The normalized spacial score (nSPS) is 11.4. The zero-order chi connectivity index (χ0) is 13.2. The minimum absolute atomic E-state index is 0.196. The smallest absolute Gasteiger partial charge is 0.265 e. The molecule has 2 heterocycles. The van der Waals surface area contributed by atoms with Crippen LogP contribution in [-0.4, -0.2) is 23.2 Å². The monoisotopic (exact) mass is 266 g/mol. The van der Waals surface area contributed by atoms with E-state index in [-0.39, 0.29) is 4.90 Å². The summed E-state index contributed by atoms with van der Waals surface area (Å²) in [5, 5.41) is 4.12. The van der Waals surface area contributed by atoms with Crippen molar-refractivity contribution >= 4 is 15.7 Å². The molecule has 18 heavy (non-hydrogen) atoms. The van der Waals surface area contributed by atoms with Crippen LogP contribution in [0, 0.1) is 6.92 Å². The van der Waals surface area contributed by atoms with Gasteiger partial charge in [-0.1, -0.05) is 0 Å². The summed E-state index contributed by atoms with van der Waals surface area (Å²) >= 11 is 0. The van der Waals surface area contributed by atoms with Crippen molar-refractivity contribution in [3.8, 4) is 0 Å². The van der Waals surface area contributed by atoms with E-state index in [1.54, 1.807) is 23.7 Å². The highest BCUT2D eigenvalue weighted by Gasteiger charge is 2.20. The van der Waals surface area contributed by atoms with Gasteiger partial charge in [-0.15, -0.1) is 0 Å². The largest absolute Gasteiger partial charge is 0.279 e. The van der Waals surface area contributed by atoms with Crippen molar-refractivity contribution in [2.45, 2.75) is 25.3 Å². The average molecular weight is 266 g/mol. The first-order chi connectivity index (χ1) is 8.53. The zero-order valence-electron chi connectivity index (χ0n) is 10.2. The lowest BCUT2D eigenvalue weighted by Gasteiger charge is -2.05. The number of hydrogen-bond acceptors (Lipinski definition) is 4. The van der Waals surface area contributed by atoms with Crippen molar-refractivity contribution in [2.75, 3.05) is 4.72 Å². The molecule has 0 spiro atoms. The maximum atomic E-state index is 12.2. The minimum Gasteiger partial charge on any atom is -0.279 e. The van der Waals surface area contributed by atoms with Crippen molar-refractivity contribution in [3.05, 3.63) is 36.4 Å². The molecule has 2 aromatic heterocycles. The molecule has 0 bridgehead atoms. The summed E-state index contributed by atoms with van der Waals surface area (Å²) < 4.78 is 28.4. The highest BCUT2D eigenvalue weighted by Crippen LogP contribution is 2.17. The lowest BCUT2D eigenvalue weighted by atomic mass is 10.4. The Bertz CT molecular complexity index is 634. The molecule has 6 nitrogen and oxygen atoms in total. The molecule has 0 unspecified atom stereocenters. The van der Waals surface area contributed by atoms with E-state index < -0.39 is 10.0 Å². The number of aromatic nitrogens is 3. The van der Waals surface area contributed by atoms with Crippen molar-refractivity contribution in [1.82, 2.24) is 14.8 Å². The molecule has 0 amide bonds. The Balaban J connectivity index is 2.34. The van der Waals surface area contributed by atoms with Crippen molar-refractivity contribution in [2.24, 2.45) is 0 Å². The first-order valence-corrected chi connectivity index (χ1v) is 6.98. The first-order valence-electron chi connectivity index (χ1n) is 5.50. The maximum absolute atomic E-state index is 12.2. The number of aryl methyl sites for hydroxylation is 2. The van der Waals surface area contributed by atoms with Crippen molar-refractivity contribution < 1.29 is 8.42 Å². The molecule has 7 heteroatoms. The first kappa shape index (κ1) is 12.6. The Morgan fingerprint density at radius 1 is 1.33 bits per heavy atom. The van der Waals surface area contributed by atoms with Crippen LogP contribution in [0.25, 0.3) is 0 Å². The summed E-state index contributed by atoms with van der Waals surface area (Å²) in [7, 11) is -3.59. The second kappa shape index (κ2) is 4.77. The molecule has 0 aliphatic rings. The molecule has 0 fully saturated rings. The summed E-state index contributed by atoms with van der Waals surface area (Å²) in [5.41, 5.74) is 0.965. The number of pyridine rings is 1. The van der Waals surface area contributed by atoms with Crippen LogP contribution in [0.1, 0.15) is 12.6 Å². The van der Waals surface area contributed by atoms with Gasteiger partial charge in [-0.3, -0.25) is 14.4 Å². The van der Waals surface area contributed by atoms with E-state index in [4.69, 9.17) is 0 Å². The predicted octanol–water partition coefficient (Wildman–Crippen LogP) is 1.41. The molecule has 0 atom stereocenters. The van der Waals surface area contributed by atoms with Crippen molar-refractivity contribution in [3.63, 3.8) is 0 Å². The molecule has 0 aliphatic heterocycles. The van der Waals surface area contributed by atoms with Crippen LogP contribution in [0.4, 0.5) is 5.69 Å². The number of rotatable bonds is 4. The summed E-state index contributed by atoms with van der Waals surface area (Å²) in [6, 6.07) is 3.19. The third-order valence-corrected chi connectivity index (χ3v) is 3.93. The molecule has 0 radical (unpaired) electrons. The van der Waals surface area contributed by atoms with E-state index in [2.05, 4.69) is 14.8 Å². The summed E-state index contributed by atoms with van der Waals surface area (Å²) in [5.74, 6) is 0. The number of nitrogens with zero attached hydrogens (tertiary/aromatic N) is 3. The van der Waals surface area contributed by atoms with Gasteiger partial charge in [0, 0.05) is 25.1 Å². The van der Waals surface area contributed by atoms with Crippen LogP contribution < -0.4 is 4.72 Å². The predicted molar refractivity (Wildman–Crippen MR) is 67.7 cm³/mol. The lowest BCUT2D eigenvalue weighted by molar-refractivity contribution is 0.600. The van der Waals surface area contributed by atoms with Gasteiger partial charge in [0.05, 0.1) is 11.4 Å². The Labute approximate surface area is 106 Å². The molecule has 0 aliphatic carbocycles. The molecule has 0 saturated carbocycles. The highest BCUT2D eigenvalue weighted by atomic mass is 32.2. The maximum Gasteiger partial charge on any atom is 0.265 e. The van der Waals surface area contributed by atoms with Gasteiger partial charge in [-0.25, -0.2) is 8.42 Å². The van der Waals surface area contributed by atoms with Crippen LogP contribution in [0.3, 0.4) is 0 Å². The van der Waals surface area contributed by atoms with E-state index in [1.165, 1.54) is 18.6 Å². The molecule has 1 N–H and O–H groups in total. The van der Waals surface area contributed by atoms with E-state index in [1.807, 2.05) is 6.92 Å². The number of anilines is 1. The topological polar surface area (TPSA) is 76.9 Å². The number of hydrogen-bond donors (Lipinski definition) is 1. The number of sulfonamides is 1. The van der Waals surface area contributed by atoms with E-state index in [0.29, 0.717) is 17.9 Å². The van der Waals surface area contributed by atoms with Crippen LogP contribution in [-0.2, 0) is 16.6 Å². The zero-order valence-corrected chi connectivity index (χ0v) is 11.0. The fraction of sp³-hybridized carbons (Fsp3) is 0.273. The van der Waals surface area contributed by atoms with Gasteiger partial charge in [0.1, 0.15) is 4.90 Å². The second-order valence-electron chi connectivity index (χ2n) is 3.78. The van der Waals surface area contributed by atoms with Crippen LogP contribution >= 0.6 is 0 Å². The molecular weight excluding hydrogens is 252 g/mol. The quantitative estimate of drug-likeness (QED) is 0.907. The van der Waals surface area contributed by atoms with Crippen LogP contribution in [0.2, 0.25) is 0 Å². The molecule has 0 aromatic carbocycles. The third kappa shape index (κ3) is 2.51. The standard InChI is InChI=1S/C11H14N4O2S/c1-3-15-8-11(9(2)13-15)18(16,17)14-10-4-6-12-7-5-10/h4-8H,3H2,1-2H3,(H,12,14).